The van der Waals surface area contributed by atoms with E-state index in [0.717, 1.165) is 31.2 Å². The van der Waals surface area contributed by atoms with E-state index in [2.05, 4.69) is 21.2 Å². The minimum absolute atomic E-state index is 0.0554. The molecule has 1 atom stereocenters. The molecule has 0 bridgehead atoms. The number of nitrogens with zero attached hydrogens (tertiary/aromatic N) is 6. The van der Waals surface area contributed by atoms with E-state index in [1.807, 2.05) is 16.5 Å². The number of hydrogen-bond donors (Lipinski definition) is 0. The molecule has 118 valence electrons. The summed E-state index contributed by atoms with van der Waals surface area (Å²) in [5, 5.41) is 17.4. The molecule has 1 saturated heterocycles. The Labute approximate surface area is 130 Å². The highest BCUT2D eigenvalue weighted by molar-refractivity contribution is 5.73. The Balaban J connectivity index is 1.70. The summed E-state index contributed by atoms with van der Waals surface area (Å²) in [5.74, 6) is 2.49. The van der Waals surface area contributed by atoms with Crippen molar-refractivity contribution in [2.24, 2.45) is 7.05 Å². The second-order valence-corrected chi connectivity index (χ2v) is 6.29. The van der Waals surface area contributed by atoms with Gasteiger partial charge in [-0.2, -0.15) is 5.26 Å². The van der Waals surface area contributed by atoms with Crippen LogP contribution in [0.4, 0.5) is 0 Å². The van der Waals surface area contributed by atoms with Crippen LogP contribution in [-0.2, 0) is 18.4 Å². The van der Waals surface area contributed by atoms with Gasteiger partial charge in [-0.05, 0) is 19.3 Å². The topological polar surface area (TPSA) is 78.1 Å². The lowest BCUT2D eigenvalue weighted by atomic mass is 10.2. The summed E-state index contributed by atoms with van der Waals surface area (Å²) >= 11 is 0. The number of rotatable bonds is 5. The van der Waals surface area contributed by atoms with E-state index in [0.29, 0.717) is 19.0 Å². The Morgan fingerprint density at radius 1 is 1.41 bits per heavy atom. The molecule has 1 aromatic rings. The molecule has 1 amide bonds. The molecule has 1 saturated carbocycles. The fourth-order valence-electron chi connectivity index (χ4n) is 3.17. The van der Waals surface area contributed by atoms with Crippen molar-refractivity contribution in [3.05, 3.63) is 11.6 Å². The Kier molecular flexibility index (Phi) is 4.12. The van der Waals surface area contributed by atoms with Crippen molar-refractivity contribution in [3.63, 3.8) is 0 Å². The van der Waals surface area contributed by atoms with Crippen LogP contribution in [0.1, 0.15) is 43.8 Å². The summed E-state index contributed by atoms with van der Waals surface area (Å²) in [6.07, 6.45) is 3.29. The summed E-state index contributed by atoms with van der Waals surface area (Å²) in [7, 11) is 1.98. The maximum Gasteiger partial charge on any atom is 0.220 e. The van der Waals surface area contributed by atoms with Crippen molar-refractivity contribution in [3.8, 4) is 6.07 Å². The van der Waals surface area contributed by atoms with Crippen LogP contribution >= 0.6 is 0 Å². The van der Waals surface area contributed by atoms with Crippen molar-refractivity contribution in [1.82, 2.24) is 24.6 Å². The van der Waals surface area contributed by atoms with Crippen molar-refractivity contribution in [1.29, 1.82) is 5.26 Å². The maximum atomic E-state index is 12.0. The van der Waals surface area contributed by atoms with Crippen molar-refractivity contribution in [2.45, 2.75) is 44.7 Å². The summed E-state index contributed by atoms with van der Waals surface area (Å²) in [6, 6.07) is 2.34. The number of likely N-dealkylation sites (tertiary alicyclic amines) is 1. The van der Waals surface area contributed by atoms with Gasteiger partial charge in [-0.15, -0.1) is 10.2 Å². The van der Waals surface area contributed by atoms with Crippen LogP contribution in [0, 0.1) is 11.3 Å². The zero-order valence-electron chi connectivity index (χ0n) is 13.2. The smallest absolute Gasteiger partial charge is 0.220 e. The molecule has 0 unspecified atom stereocenters. The lowest BCUT2D eigenvalue weighted by Crippen LogP contribution is -2.41. The highest BCUT2D eigenvalue weighted by Crippen LogP contribution is 2.38. The van der Waals surface area contributed by atoms with Gasteiger partial charge in [0.25, 0.3) is 0 Å². The van der Waals surface area contributed by atoms with Gasteiger partial charge in [-0.1, -0.05) is 0 Å². The molecule has 1 aromatic heterocycles. The van der Waals surface area contributed by atoms with E-state index in [9.17, 15) is 4.79 Å². The molecular formula is C15H22N6O. The monoisotopic (exact) mass is 302 g/mol. The second-order valence-electron chi connectivity index (χ2n) is 6.29. The van der Waals surface area contributed by atoms with Gasteiger partial charge in [0.2, 0.25) is 5.91 Å². The fourth-order valence-corrected chi connectivity index (χ4v) is 3.17. The van der Waals surface area contributed by atoms with E-state index >= 15 is 0 Å². The minimum Gasteiger partial charge on any atom is -0.331 e. The first-order valence-corrected chi connectivity index (χ1v) is 7.84. The van der Waals surface area contributed by atoms with E-state index in [1.54, 1.807) is 6.92 Å². The van der Waals surface area contributed by atoms with E-state index < -0.39 is 0 Å². The molecule has 2 heterocycles. The number of nitriles is 1. The van der Waals surface area contributed by atoms with Crippen LogP contribution in [0.5, 0.6) is 0 Å². The third kappa shape index (κ3) is 2.97. The van der Waals surface area contributed by atoms with Gasteiger partial charge < -0.3 is 9.47 Å². The molecule has 2 aliphatic rings. The standard InChI is InChI=1S/C15H22N6O/c1-11(22)21(13-5-7-20(9-13)8-6-16)10-14-17-18-15(19(14)2)12-3-4-12/h12-13H,3-5,7-10H2,1-2H3/t13-/m0/s1. The lowest BCUT2D eigenvalue weighted by molar-refractivity contribution is -0.131. The van der Waals surface area contributed by atoms with Crippen LogP contribution < -0.4 is 0 Å². The largest absolute Gasteiger partial charge is 0.331 e. The zero-order chi connectivity index (χ0) is 15.7. The first-order chi connectivity index (χ1) is 10.6. The molecule has 1 aliphatic carbocycles. The van der Waals surface area contributed by atoms with Crippen molar-refractivity contribution in [2.75, 3.05) is 19.6 Å². The van der Waals surface area contributed by atoms with Gasteiger partial charge in [-0.25, -0.2) is 0 Å². The summed E-state index contributed by atoms with van der Waals surface area (Å²) in [4.78, 5) is 16.0. The second kappa shape index (κ2) is 6.05. The summed E-state index contributed by atoms with van der Waals surface area (Å²) in [6.45, 7) is 4.16. The molecule has 1 aliphatic heterocycles. The van der Waals surface area contributed by atoms with Crippen LogP contribution in [0.2, 0.25) is 0 Å². The molecule has 7 heteroatoms. The number of aromatic nitrogens is 3. The van der Waals surface area contributed by atoms with E-state index in [-0.39, 0.29) is 11.9 Å². The number of amides is 1. The Morgan fingerprint density at radius 3 is 2.82 bits per heavy atom. The van der Waals surface area contributed by atoms with Gasteiger partial charge in [-0.3, -0.25) is 9.69 Å². The predicted octanol–water partition coefficient (Wildman–Crippen LogP) is 0.639. The van der Waals surface area contributed by atoms with Crippen LogP contribution in [0.25, 0.3) is 0 Å². The van der Waals surface area contributed by atoms with Crippen LogP contribution in [0.15, 0.2) is 0 Å². The molecule has 0 radical (unpaired) electrons. The van der Waals surface area contributed by atoms with Crippen LogP contribution in [-0.4, -0.2) is 56.1 Å². The lowest BCUT2D eigenvalue weighted by Gasteiger charge is -2.27. The Morgan fingerprint density at radius 2 is 2.18 bits per heavy atom. The van der Waals surface area contributed by atoms with E-state index in [1.165, 1.54) is 12.8 Å². The Hall–Kier alpha value is -1.94. The van der Waals surface area contributed by atoms with Gasteiger partial charge in [0.05, 0.1) is 19.2 Å². The minimum atomic E-state index is 0.0554. The highest BCUT2D eigenvalue weighted by atomic mass is 16.2. The normalized spacial score (nSPS) is 21.8. The van der Waals surface area contributed by atoms with E-state index in [4.69, 9.17) is 5.26 Å². The molecule has 2 fully saturated rings. The molecule has 7 nitrogen and oxygen atoms in total. The maximum absolute atomic E-state index is 12.0. The zero-order valence-corrected chi connectivity index (χ0v) is 13.2. The van der Waals surface area contributed by atoms with Gasteiger partial charge in [0.15, 0.2) is 5.82 Å². The van der Waals surface area contributed by atoms with Crippen molar-refractivity contribution >= 4 is 5.91 Å². The van der Waals surface area contributed by atoms with Crippen LogP contribution in [0.3, 0.4) is 0 Å². The first-order valence-electron chi connectivity index (χ1n) is 7.84. The molecule has 0 spiro atoms. The van der Waals surface area contributed by atoms with Crippen molar-refractivity contribution < 1.29 is 4.79 Å². The number of hydrogen-bond acceptors (Lipinski definition) is 5. The molecular weight excluding hydrogens is 280 g/mol. The number of carbonyl (C=O) groups is 1. The average molecular weight is 302 g/mol. The SMILES string of the molecule is CC(=O)N(Cc1nnc(C2CC2)n1C)[C@H]1CCN(CC#N)C1. The third-order valence-electron chi connectivity index (χ3n) is 4.64. The summed E-state index contributed by atoms with van der Waals surface area (Å²) in [5.41, 5.74) is 0. The van der Waals surface area contributed by atoms with Gasteiger partial charge >= 0.3 is 0 Å². The van der Waals surface area contributed by atoms with Gasteiger partial charge in [0.1, 0.15) is 5.82 Å². The number of carbonyl (C=O) groups excluding carboxylic acids is 1. The Bertz CT molecular complexity index is 600. The molecule has 22 heavy (non-hydrogen) atoms. The fraction of sp³-hybridized carbons (Fsp3) is 0.733. The molecule has 0 N–H and O–H groups in total. The van der Waals surface area contributed by atoms with Gasteiger partial charge in [0, 0.05) is 39.0 Å². The molecule has 3 rings (SSSR count). The molecule has 0 aromatic carbocycles. The first kappa shape index (κ1) is 15.0. The summed E-state index contributed by atoms with van der Waals surface area (Å²) < 4.78 is 2.04. The highest BCUT2D eigenvalue weighted by Gasteiger charge is 2.32. The third-order valence-corrected chi connectivity index (χ3v) is 4.64. The average Bonchev–Trinajstić information content (AvgIpc) is 3.11. The predicted molar refractivity (Wildman–Crippen MR) is 79.7 cm³/mol. The quantitative estimate of drug-likeness (QED) is 0.746.